The van der Waals surface area contributed by atoms with E-state index in [0.29, 0.717) is 16.7 Å². The van der Waals surface area contributed by atoms with E-state index in [9.17, 15) is 14.4 Å². The Morgan fingerprint density at radius 1 is 0.724 bits per heavy atom. The predicted octanol–water partition coefficient (Wildman–Crippen LogP) is 4.23. The first-order valence-electron chi connectivity index (χ1n) is 9.50. The molecule has 1 spiro atoms. The summed E-state index contributed by atoms with van der Waals surface area (Å²) in [5.41, 5.74) is 0.686. The van der Waals surface area contributed by atoms with Gasteiger partial charge in [0.2, 0.25) is 0 Å². The number of Topliss-reactive ketones (excluding diaryl/α,β-unsaturated/α-hetero) is 3. The number of rotatable bonds is 2. The van der Waals surface area contributed by atoms with E-state index in [1.54, 1.807) is 48.5 Å². The van der Waals surface area contributed by atoms with Gasteiger partial charge in [0, 0.05) is 22.3 Å². The third-order valence-corrected chi connectivity index (χ3v) is 5.86. The molecule has 2 atom stereocenters. The molecule has 3 aromatic carbocycles. The van der Waals surface area contributed by atoms with Crippen molar-refractivity contribution in [1.29, 1.82) is 0 Å². The summed E-state index contributed by atoms with van der Waals surface area (Å²) in [6, 6.07) is 25.0. The highest BCUT2D eigenvalue weighted by molar-refractivity contribution is 6.35. The zero-order chi connectivity index (χ0) is 20.0. The van der Waals surface area contributed by atoms with Gasteiger partial charge in [0.05, 0.1) is 11.8 Å². The molecule has 2 aliphatic rings. The molecule has 0 unspecified atom stereocenters. The van der Waals surface area contributed by atoms with Crippen molar-refractivity contribution in [2.75, 3.05) is 0 Å². The van der Waals surface area contributed by atoms with Crippen LogP contribution in [0.2, 0.25) is 0 Å². The topological polar surface area (TPSA) is 51.2 Å². The molecular formula is C26H16O3. The molecule has 3 aromatic rings. The third kappa shape index (κ3) is 2.43. The molecule has 0 bridgehead atoms. The summed E-state index contributed by atoms with van der Waals surface area (Å²) in [6.45, 7) is 0. The summed E-state index contributed by atoms with van der Waals surface area (Å²) in [7, 11) is 0. The molecule has 3 heteroatoms. The van der Waals surface area contributed by atoms with Crippen LogP contribution in [0.4, 0.5) is 0 Å². The number of ketones is 3. The summed E-state index contributed by atoms with van der Waals surface area (Å²) >= 11 is 0. The number of carbonyl (C=O) groups excluding carboxylic acids is 3. The molecule has 0 amide bonds. The number of fused-ring (bicyclic) bond motifs is 1. The Morgan fingerprint density at radius 2 is 1.24 bits per heavy atom. The third-order valence-electron chi connectivity index (χ3n) is 5.86. The predicted molar refractivity (Wildman–Crippen MR) is 109 cm³/mol. The monoisotopic (exact) mass is 376 g/mol. The quantitative estimate of drug-likeness (QED) is 0.382. The average molecular weight is 376 g/mol. The van der Waals surface area contributed by atoms with Crippen LogP contribution in [0.15, 0.2) is 84.9 Å². The van der Waals surface area contributed by atoms with E-state index in [4.69, 9.17) is 0 Å². The van der Waals surface area contributed by atoms with Gasteiger partial charge in [-0.05, 0) is 12.1 Å². The van der Waals surface area contributed by atoms with E-state index in [-0.39, 0.29) is 17.3 Å². The lowest BCUT2D eigenvalue weighted by molar-refractivity contribution is 0.0763. The van der Waals surface area contributed by atoms with Gasteiger partial charge in [-0.1, -0.05) is 84.6 Å². The Bertz CT molecular complexity index is 1180. The van der Waals surface area contributed by atoms with Crippen molar-refractivity contribution in [2.45, 2.75) is 0 Å². The van der Waals surface area contributed by atoms with Crippen molar-refractivity contribution in [2.24, 2.45) is 17.3 Å². The van der Waals surface area contributed by atoms with Gasteiger partial charge < -0.3 is 0 Å². The Labute approximate surface area is 168 Å². The Kier molecular flexibility index (Phi) is 3.82. The molecule has 0 radical (unpaired) electrons. The van der Waals surface area contributed by atoms with Crippen LogP contribution >= 0.6 is 0 Å². The van der Waals surface area contributed by atoms with Gasteiger partial charge in [0.25, 0.3) is 0 Å². The van der Waals surface area contributed by atoms with Crippen LogP contribution in [-0.4, -0.2) is 17.3 Å². The fraction of sp³-hybridized carbons (Fsp3) is 0.115. The normalized spacial score (nSPS) is 20.7. The minimum absolute atomic E-state index is 0.201. The SMILES string of the molecule is O=C(c1ccccc1)[C@H]1[C@H](C#Cc2ccccc2)C12C(=O)c1ccccc1C2=O. The van der Waals surface area contributed by atoms with Crippen molar-refractivity contribution in [3.63, 3.8) is 0 Å². The number of benzene rings is 3. The molecule has 29 heavy (non-hydrogen) atoms. The molecular weight excluding hydrogens is 360 g/mol. The Hall–Kier alpha value is -3.77. The first kappa shape index (κ1) is 17.3. The van der Waals surface area contributed by atoms with Gasteiger partial charge >= 0.3 is 0 Å². The highest BCUT2D eigenvalue weighted by Crippen LogP contribution is 2.65. The maximum Gasteiger partial charge on any atom is 0.179 e. The van der Waals surface area contributed by atoms with Crippen molar-refractivity contribution in [3.8, 4) is 11.8 Å². The molecule has 138 valence electrons. The minimum Gasteiger partial charge on any atom is -0.294 e. The first-order valence-corrected chi connectivity index (χ1v) is 9.50. The molecule has 0 aliphatic heterocycles. The Morgan fingerprint density at radius 3 is 1.83 bits per heavy atom. The van der Waals surface area contributed by atoms with Crippen LogP contribution in [0.25, 0.3) is 0 Å². The molecule has 5 rings (SSSR count). The lowest BCUT2D eigenvalue weighted by Gasteiger charge is -2.05. The second-order valence-electron chi connectivity index (χ2n) is 7.39. The van der Waals surface area contributed by atoms with Crippen molar-refractivity contribution < 1.29 is 14.4 Å². The van der Waals surface area contributed by atoms with Gasteiger partial charge in [-0.3, -0.25) is 14.4 Å². The van der Waals surface area contributed by atoms with Gasteiger partial charge in [0.1, 0.15) is 5.41 Å². The Balaban J connectivity index is 1.61. The summed E-state index contributed by atoms with van der Waals surface area (Å²) in [5.74, 6) is 4.01. The second kappa shape index (κ2) is 6.39. The lowest BCUT2D eigenvalue weighted by atomic mass is 9.92. The average Bonchev–Trinajstić information content (AvgIpc) is 3.41. The van der Waals surface area contributed by atoms with Crippen LogP contribution in [0.1, 0.15) is 36.6 Å². The van der Waals surface area contributed by atoms with Crippen molar-refractivity contribution in [1.82, 2.24) is 0 Å². The smallest absolute Gasteiger partial charge is 0.179 e. The van der Waals surface area contributed by atoms with Gasteiger partial charge in [-0.15, -0.1) is 0 Å². The summed E-state index contributed by atoms with van der Waals surface area (Å²) < 4.78 is 0. The molecule has 0 heterocycles. The van der Waals surface area contributed by atoms with Crippen LogP contribution in [0, 0.1) is 29.1 Å². The van der Waals surface area contributed by atoms with Crippen molar-refractivity contribution >= 4 is 17.3 Å². The minimum atomic E-state index is -1.39. The fourth-order valence-electron chi connectivity index (χ4n) is 4.40. The van der Waals surface area contributed by atoms with Crippen LogP contribution in [0.3, 0.4) is 0 Å². The first-order chi connectivity index (χ1) is 14.2. The molecule has 0 aromatic heterocycles. The molecule has 0 saturated heterocycles. The van der Waals surface area contributed by atoms with E-state index in [1.807, 2.05) is 36.4 Å². The lowest BCUT2D eigenvalue weighted by Crippen LogP contribution is -2.23. The van der Waals surface area contributed by atoms with E-state index in [0.717, 1.165) is 5.56 Å². The molecule has 2 aliphatic carbocycles. The maximum absolute atomic E-state index is 13.3. The van der Waals surface area contributed by atoms with Gasteiger partial charge in [-0.2, -0.15) is 0 Å². The summed E-state index contributed by atoms with van der Waals surface area (Å²) in [6.07, 6.45) is 0. The zero-order valence-corrected chi connectivity index (χ0v) is 15.5. The highest BCUT2D eigenvalue weighted by Gasteiger charge is 2.78. The fourth-order valence-corrected chi connectivity index (χ4v) is 4.40. The maximum atomic E-state index is 13.3. The van der Waals surface area contributed by atoms with Crippen LogP contribution < -0.4 is 0 Å². The second-order valence-corrected chi connectivity index (χ2v) is 7.39. The van der Waals surface area contributed by atoms with Crippen LogP contribution in [0.5, 0.6) is 0 Å². The molecule has 1 fully saturated rings. The van der Waals surface area contributed by atoms with E-state index in [1.165, 1.54) is 0 Å². The number of hydrogen-bond acceptors (Lipinski definition) is 3. The van der Waals surface area contributed by atoms with E-state index >= 15 is 0 Å². The molecule has 3 nitrogen and oxygen atoms in total. The van der Waals surface area contributed by atoms with E-state index in [2.05, 4.69) is 11.8 Å². The van der Waals surface area contributed by atoms with Gasteiger partial charge in [0.15, 0.2) is 17.3 Å². The van der Waals surface area contributed by atoms with Crippen LogP contribution in [-0.2, 0) is 0 Å². The zero-order valence-electron chi connectivity index (χ0n) is 15.5. The molecule has 1 saturated carbocycles. The summed E-state index contributed by atoms with van der Waals surface area (Å²) in [4.78, 5) is 39.9. The van der Waals surface area contributed by atoms with E-state index < -0.39 is 17.3 Å². The largest absolute Gasteiger partial charge is 0.294 e. The van der Waals surface area contributed by atoms with Gasteiger partial charge in [-0.25, -0.2) is 0 Å². The number of carbonyl (C=O) groups is 3. The van der Waals surface area contributed by atoms with Crippen molar-refractivity contribution in [3.05, 3.63) is 107 Å². The molecule has 0 N–H and O–H groups in total. The highest BCUT2D eigenvalue weighted by atomic mass is 16.2. The summed E-state index contributed by atoms with van der Waals surface area (Å²) in [5, 5.41) is 0. The number of hydrogen-bond donors (Lipinski definition) is 0. The standard InChI is InChI=1S/C26H16O3/c27-23(18-11-5-2-6-12-18)22-21(16-15-17-9-3-1-4-10-17)26(22)24(28)19-13-7-8-14-20(19)25(26)29/h1-14,21-22H/t21-,22+/m0/s1.